The molecular weight excluding hydrogens is 148 g/mol. The van der Waals surface area contributed by atoms with Crippen molar-refractivity contribution in [1.82, 2.24) is 5.32 Å². The molecule has 0 aliphatic carbocycles. The Balaban J connectivity index is 2.50. The summed E-state index contributed by atoms with van der Waals surface area (Å²) in [5.74, 6) is -1.02. The number of hydrogen-bond acceptors (Lipinski definition) is 4. The SMILES string of the molecule is N[C@@H]1CN[C@@H](C(=O)O)[C@H](O)C1. The summed E-state index contributed by atoms with van der Waals surface area (Å²) in [6.45, 7) is 0.452. The van der Waals surface area contributed by atoms with Gasteiger partial charge in [-0.25, -0.2) is 0 Å². The molecule has 0 aromatic carbocycles. The van der Waals surface area contributed by atoms with Crippen molar-refractivity contribution in [1.29, 1.82) is 0 Å². The summed E-state index contributed by atoms with van der Waals surface area (Å²) in [6, 6.07) is -0.990. The molecule has 1 aliphatic rings. The molecule has 0 aromatic heterocycles. The Morgan fingerprint density at radius 3 is 2.73 bits per heavy atom. The summed E-state index contributed by atoms with van der Waals surface area (Å²) in [7, 11) is 0. The zero-order valence-corrected chi connectivity index (χ0v) is 6.03. The maximum absolute atomic E-state index is 10.4. The van der Waals surface area contributed by atoms with Crippen molar-refractivity contribution in [2.75, 3.05) is 6.54 Å². The maximum Gasteiger partial charge on any atom is 0.323 e. The van der Waals surface area contributed by atoms with E-state index in [4.69, 9.17) is 10.8 Å². The van der Waals surface area contributed by atoms with Gasteiger partial charge in [0.05, 0.1) is 6.10 Å². The summed E-state index contributed by atoms with van der Waals surface area (Å²) >= 11 is 0. The van der Waals surface area contributed by atoms with Crippen molar-refractivity contribution < 1.29 is 15.0 Å². The molecule has 11 heavy (non-hydrogen) atoms. The van der Waals surface area contributed by atoms with Gasteiger partial charge in [-0.3, -0.25) is 4.79 Å². The largest absolute Gasteiger partial charge is 0.480 e. The lowest BCUT2D eigenvalue weighted by molar-refractivity contribution is -0.143. The van der Waals surface area contributed by atoms with Crippen molar-refractivity contribution in [2.45, 2.75) is 24.6 Å². The minimum absolute atomic E-state index is 0.138. The van der Waals surface area contributed by atoms with E-state index in [0.717, 1.165) is 0 Å². The Bertz CT molecular complexity index is 162. The van der Waals surface area contributed by atoms with Crippen LogP contribution in [0.25, 0.3) is 0 Å². The lowest BCUT2D eigenvalue weighted by Crippen LogP contribution is -2.56. The van der Waals surface area contributed by atoms with Crippen LogP contribution in [0.3, 0.4) is 0 Å². The third-order valence-electron chi connectivity index (χ3n) is 1.80. The third-order valence-corrected chi connectivity index (χ3v) is 1.80. The van der Waals surface area contributed by atoms with Crippen LogP contribution in [-0.4, -0.2) is 40.9 Å². The smallest absolute Gasteiger partial charge is 0.323 e. The van der Waals surface area contributed by atoms with Crippen molar-refractivity contribution >= 4 is 5.97 Å². The van der Waals surface area contributed by atoms with Crippen LogP contribution in [0.2, 0.25) is 0 Å². The van der Waals surface area contributed by atoms with Gasteiger partial charge in [-0.2, -0.15) is 0 Å². The highest BCUT2D eigenvalue weighted by molar-refractivity contribution is 5.74. The Kier molecular flexibility index (Phi) is 2.43. The zero-order valence-electron chi connectivity index (χ0n) is 6.03. The van der Waals surface area contributed by atoms with E-state index in [1.165, 1.54) is 0 Å². The fourth-order valence-corrected chi connectivity index (χ4v) is 1.20. The number of nitrogens with one attached hydrogen (secondary N) is 1. The molecule has 0 unspecified atom stereocenters. The Labute approximate surface area is 64.2 Å². The summed E-state index contributed by atoms with van der Waals surface area (Å²) in [6.07, 6.45) is -0.513. The summed E-state index contributed by atoms with van der Waals surface area (Å²) < 4.78 is 0. The van der Waals surface area contributed by atoms with E-state index < -0.39 is 18.1 Å². The van der Waals surface area contributed by atoms with Crippen LogP contribution in [0.1, 0.15) is 6.42 Å². The van der Waals surface area contributed by atoms with E-state index in [2.05, 4.69) is 5.32 Å². The van der Waals surface area contributed by atoms with Crippen molar-refractivity contribution in [3.63, 3.8) is 0 Å². The molecule has 0 aromatic rings. The van der Waals surface area contributed by atoms with Crippen molar-refractivity contribution in [3.8, 4) is 0 Å². The first kappa shape index (κ1) is 8.45. The average molecular weight is 160 g/mol. The molecule has 5 N–H and O–H groups in total. The first-order valence-corrected chi connectivity index (χ1v) is 3.51. The molecule has 0 saturated carbocycles. The molecule has 1 saturated heterocycles. The molecule has 5 nitrogen and oxygen atoms in total. The predicted molar refractivity (Wildman–Crippen MR) is 38.0 cm³/mol. The van der Waals surface area contributed by atoms with Crippen LogP contribution in [0.15, 0.2) is 0 Å². The van der Waals surface area contributed by atoms with Crippen LogP contribution < -0.4 is 11.1 Å². The molecule has 1 heterocycles. The Morgan fingerprint density at radius 2 is 2.27 bits per heavy atom. The van der Waals surface area contributed by atoms with Gasteiger partial charge in [0.2, 0.25) is 0 Å². The number of carbonyl (C=O) groups is 1. The van der Waals surface area contributed by atoms with Gasteiger partial charge in [0.15, 0.2) is 0 Å². The average Bonchev–Trinajstić information content (AvgIpc) is 1.85. The van der Waals surface area contributed by atoms with Crippen molar-refractivity contribution in [3.05, 3.63) is 0 Å². The highest BCUT2D eigenvalue weighted by atomic mass is 16.4. The van der Waals surface area contributed by atoms with Gasteiger partial charge in [0.1, 0.15) is 6.04 Å². The highest BCUT2D eigenvalue weighted by Crippen LogP contribution is 2.07. The second-order valence-electron chi connectivity index (χ2n) is 2.79. The molecule has 1 rings (SSSR count). The predicted octanol–water partition coefficient (Wildman–Crippen LogP) is -1.88. The lowest BCUT2D eigenvalue weighted by Gasteiger charge is -2.29. The van der Waals surface area contributed by atoms with Gasteiger partial charge in [0.25, 0.3) is 0 Å². The summed E-state index contributed by atoms with van der Waals surface area (Å²) in [5, 5.41) is 20.4. The fraction of sp³-hybridized carbons (Fsp3) is 0.833. The van der Waals surface area contributed by atoms with Gasteiger partial charge in [0, 0.05) is 12.6 Å². The first-order chi connectivity index (χ1) is 5.11. The molecular formula is C6H12N2O3. The van der Waals surface area contributed by atoms with E-state index in [9.17, 15) is 9.90 Å². The number of aliphatic carboxylic acids is 1. The summed E-state index contributed by atoms with van der Waals surface area (Å²) in [4.78, 5) is 10.4. The molecule has 64 valence electrons. The number of aliphatic hydroxyl groups excluding tert-OH is 1. The Hall–Kier alpha value is -0.650. The zero-order chi connectivity index (χ0) is 8.43. The second-order valence-corrected chi connectivity index (χ2v) is 2.79. The number of nitrogens with two attached hydrogens (primary N) is 1. The first-order valence-electron chi connectivity index (χ1n) is 3.51. The lowest BCUT2D eigenvalue weighted by atomic mass is 9.98. The molecule has 0 bridgehead atoms. The highest BCUT2D eigenvalue weighted by Gasteiger charge is 2.31. The van der Waals surface area contributed by atoms with E-state index in [-0.39, 0.29) is 6.04 Å². The van der Waals surface area contributed by atoms with E-state index >= 15 is 0 Å². The molecule has 5 heteroatoms. The van der Waals surface area contributed by atoms with Gasteiger partial charge >= 0.3 is 5.97 Å². The number of carboxylic acid groups (broad SMARTS) is 1. The topological polar surface area (TPSA) is 95.6 Å². The van der Waals surface area contributed by atoms with E-state index in [1.54, 1.807) is 0 Å². The van der Waals surface area contributed by atoms with E-state index in [1.807, 2.05) is 0 Å². The van der Waals surface area contributed by atoms with Gasteiger partial charge in [-0.1, -0.05) is 0 Å². The number of rotatable bonds is 1. The second kappa shape index (κ2) is 3.17. The molecule has 3 atom stereocenters. The normalized spacial score (nSPS) is 38.5. The number of carboxylic acids is 1. The third kappa shape index (κ3) is 1.89. The quantitative estimate of drug-likeness (QED) is 0.360. The maximum atomic E-state index is 10.4. The number of piperidine rings is 1. The van der Waals surface area contributed by atoms with Gasteiger partial charge in [-0.05, 0) is 6.42 Å². The van der Waals surface area contributed by atoms with E-state index in [0.29, 0.717) is 13.0 Å². The molecule has 0 amide bonds. The number of aliphatic hydroxyl groups is 1. The van der Waals surface area contributed by atoms with Gasteiger partial charge < -0.3 is 21.3 Å². The van der Waals surface area contributed by atoms with Crippen LogP contribution in [0.4, 0.5) is 0 Å². The molecule has 0 radical (unpaired) electrons. The van der Waals surface area contributed by atoms with Crippen LogP contribution >= 0.6 is 0 Å². The minimum atomic E-state index is -1.02. The standard InChI is InChI=1S/C6H12N2O3/c7-3-1-4(9)5(6(10)11)8-2-3/h3-5,8-9H,1-2,7H2,(H,10,11)/t3-,4+,5+/m0/s1. The Morgan fingerprint density at radius 1 is 1.64 bits per heavy atom. The van der Waals surface area contributed by atoms with Crippen LogP contribution in [0, 0.1) is 0 Å². The van der Waals surface area contributed by atoms with Crippen LogP contribution in [0.5, 0.6) is 0 Å². The van der Waals surface area contributed by atoms with Gasteiger partial charge in [-0.15, -0.1) is 0 Å². The molecule has 1 fully saturated rings. The summed E-state index contributed by atoms with van der Waals surface area (Å²) in [5.41, 5.74) is 5.47. The minimum Gasteiger partial charge on any atom is -0.480 e. The molecule has 1 aliphatic heterocycles. The number of hydrogen-bond donors (Lipinski definition) is 4. The van der Waals surface area contributed by atoms with Crippen LogP contribution in [-0.2, 0) is 4.79 Å². The molecule has 0 spiro atoms. The monoisotopic (exact) mass is 160 g/mol. The fourth-order valence-electron chi connectivity index (χ4n) is 1.20. The van der Waals surface area contributed by atoms with Crippen molar-refractivity contribution in [2.24, 2.45) is 5.73 Å².